The molecule has 9 heteroatoms. The third-order valence-corrected chi connectivity index (χ3v) is 5.60. The lowest BCUT2D eigenvalue weighted by molar-refractivity contribution is 0.598. The molecular formula is C16H23N5O2S2. The Bertz CT molecular complexity index is 842. The van der Waals surface area contributed by atoms with Crippen molar-refractivity contribution in [3.8, 4) is 0 Å². The SMILES string of the molecule is CN=C(NCCc1ccc(S(N)(=O)=O)cc1)NCc1sc(C)nc1C. The number of guanidine groups is 1. The number of primary sulfonamides is 1. The lowest BCUT2D eigenvalue weighted by Crippen LogP contribution is -2.37. The Hall–Kier alpha value is -1.97. The van der Waals surface area contributed by atoms with Crippen molar-refractivity contribution in [2.45, 2.75) is 31.7 Å². The van der Waals surface area contributed by atoms with Crippen molar-refractivity contribution in [1.29, 1.82) is 0 Å². The molecule has 0 radical (unpaired) electrons. The number of aryl methyl sites for hydroxylation is 2. The summed E-state index contributed by atoms with van der Waals surface area (Å²) in [6.07, 6.45) is 0.740. The summed E-state index contributed by atoms with van der Waals surface area (Å²) in [4.78, 5) is 9.92. The van der Waals surface area contributed by atoms with Crippen molar-refractivity contribution in [2.24, 2.45) is 10.1 Å². The van der Waals surface area contributed by atoms with Crippen LogP contribution in [0.15, 0.2) is 34.2 Å². The Morgan fingerprint density at radius 1 is 1.24 bits per heavy atom. The van der Waals surface area contributed by atoms with Crippen molar-refractivity contribution in [2.75, 3.05) is 13.6 Å². The highest BCUT2D eigenvalue weighted by Gasteiger charge is 2.07. The van der Waals surface area contributed by atoms with Gasteiger partial charge in [-0.05, 0) is 38.0 Å². The average Bonchev–Trinajstić information content (AvgIpc) is 2.88. The first-order valence-corrected chi connectivity index (χ1v) is 10.1. The first-order valence-electron chi connectivity index (χ1n) is 7.79. The second-order valence-electron chi connectivity index (χ2n) is 5.53. The smallest absolute Gasteiger partial charge is 0.238 e. The van der Waals surface area contributed by atoms with E-state index in [1.165, 1.54) is 17.0 Å². The van der Waals surface area contributed by atoms with Gasteiger partial charge >= 0.3 is 0 Å². The van der Waals surface area contributed by atoms with Gasteiger partial charge in [-0.1, -0.05) is 12.1 Å². The fourth-order valence-corrected chi connectivity index (χ4v) is 3.69. The average molecular weight is 382 g/mol. The number of aliphatic imine (C=N–C) groups is 1. The topological polar surface area (TPSA) is 109 Å². The Kier molecular flexibility index (Phi) is 6.51. The zero-order valence-electron chi connectivity index (χ0n) is 14.5. The molecule has 0 aliphatic rings. The molecule has 0 atom stereocenters. The molecule has 0 saturated heterocycles. The number of sulfonamides is 1. The molecule has 0 aliphatic heterocycles. The van der Waals surface area contributed by atoms with Crippen molar-refractivity contribution in [1.82, 2.24) is 15.6 Å². The van der Waals surface area contributed by atoms with Crippen LogP contribution >= 0.6 is 11.3 Å². The van der Waals surface area contributed by atoms with Crippen LogP contribution < -0.4 is 15.8 Å². The summed E-state index contributed by atoms with van der Waals surface area (Å²) in [6.45, 7) is 5.35. The van der Waals surface area contributed by atoms with E-state index < -0.39 is 10.0 Å². The highest BCUT2D eigenvalue weighted by Crippen LogP contribution is 2.16. The largest absolute Gasteiger partial charge is 0.356 e. The van der Waals surface area contributed by atoms with Crippen LogP contribution in [-0.2, 0) is 23.0 Å². The molecule has 4 N–H and O–H groups in total. The van der Waals surface area contributed by atoms with Gasteiger partial charge in [0.2, 0.25) is 10.0 Å². The fraction of sp³-hybridized carbons (Fsp3) is 0.375. The summed E-state index contributed by atoms with van der Waals surface area (Å²) < 4.78 is 22.5. The molecule has 1 aromatic carbocycles. The molecule has 0 saturated carbocycles. The predicted octanol–water partition coefficient (Wildman–Crippen LogP) is 1.32. The number of aromatic nitrogens is 1. The van der Waals surface area contributed by atoms with Gasteiger partial charge in [0.1, 0.15) is 0 Å². The molecule has 25 heavy (non-hydrogen) atoms. The quantitative estimate of drug-likeness (QED) is 0.516. The van der Waals surface area contributed by atoms with Gasteiger partial charge in [-0.15, -0.1) is 11.3 Å². The second kappa shape index (κ2) is 8.41. The molecule has 0 bridgehead atoms. The predicted molar refractivity (Wildman–Crippen MR) is 101 cm³/mol. The van der Waals surface area contributed by atoms with E-state index in [0.717, 1.165) is 22.7 Å². The Labute approximate surface area is 152 Å². The number of benzene rings is 1. The molecule has 1 heterocycles. The van der Waals surface area contributed by atoms with Crippen LogP contribution in [0.25, 0.3) is 0 Å². The van der Waals surface area contributed by atoms with E-state index in [0.29, 0.717) is 19.0 Å². The molecule has 0 amide bonds. The van der Waals surface area contributed by atoms with Crippen molar-refractivity contribution in [3.05, 3.63) is 45.4 Å². The summed E-state index contributed by atoms with van der Waals surface area (Å²) >= 11 is 1.68. The van der Waals surface area contributed by atoms with E-state index in [1.807, 2.05) is 13.8 Å². The van der Waals surface area contributed by atoms with E-state index in [1.54, 1.807) is 30.5 Å². The van der Waals surface area contributed by atoms with Gasteiger partial charge in [0, 0.05) is 18.5 Å². The molecule has 2 rings (SSSR count). The molecular weight excluding hydrogens is 358 g/mol. The minimum Gasteiger partial charge on any atom is -0.356 e. The van der Waals surface area contributed by atoms with Gasteiger partial charge in [-0.2, -0.15) is 0 Å². The van der Waals surface area contributed by atoms with Crippen LogP contribution in [0.4, 0.5) is 0 Å². The number of thiazole rings is 1. The normalized spacial score (nSPS) is 12.2. The van der Waals surface area contributed by atoms with Crippen LogP contribution in [0.5, 0.6) is 0 Å². The zero-order valence-corrected chi connectivity index (χ0v) is 16.2. The Balaban J connectivity index is 1.82. The van der Waals surface area contributed by atoms with Crippen molar-refractivity contribution >= 4 is 27.3 Å². The van der Waals surface area contributed by atoms with Gasteiger partial charge in [-0.25, -0.2) is 18.5 Å². The Morgan fingerprint density at radius 3 is 2.44 bits per heavy atom. The summed E-state index contributed by atoms with van der Waals surface area (Å²) in [5.41, 5.74) is 2.06. The van der Waals surface area contributed by atoms with Crippen LogP contribution in [0.3, 0.4) is 0 Å². The first kappa shape index (κ1) is 19.4. The third kappa shape index (κ3) is 5.80. The van der Waals surface area contributed by atoms with Gasteiger partial charge in [0.25, 0.3) is 0 Å². The number of hydrogen-bond acceptors (Lipinski definition) is 5. The minimum absolute atomic E-state index is 0.122. The lowest BCUT2D eigenvalue weighted by atomic mass is 10.1. The van der Waals surface area contributed by atoms with Crippen LogP contribution in [0.1, 0.15) is 21.1 Å². The van der Waals surface area contributed by atoms with Crippen LogP contribution in [-0.4, -0.2) is 33.0 Å². The summed E-state index contributed by atoms with van der Waals surface area (Å²) in [7, 11) is -1.92. The molecule has 7 nitrogen and oxygen atoms in total. The van der Waals surface area contributed by atoms with Gasteiger partial charge < -0.3 is 10.6 Å². The van der Waals surface area contributed by atoms with Gasteiger partial charge in [0.15, 0.2) is 5.96 Å². The number of rotatable bonds is 6. The third-order valence-electron chi connectivity index (χ3n) is 3.60. The standard InChI is InChI=1S/C16H23N5O2S2/c1-11-15(24-12(2)21-11)10-20-16(18-3)19-9-8-13-4-6-14(7-5-13)25(17,22)23/h4-7H,8-10H2,1-3H3,(H2,17,22,23)(H2,18,19,20). The van der Waals surface area contributed by atoms with Gasteiger partial charge in [-0.3, -0.25) is 4.99 Å². The highest BCUT2D eigenvalue weighted by atomic mass is 32.2. The number of nitrogens with zero attached hydrogens (tertiary/aromatic N) is 2. The maximum Gasteiger partial charge on any atom is 0.238 e. The second-order valence-corrected chi connectivity index (χ2v) is 8.38. The molecule has 1 aromatic heterocycles. The number of nitrogens with two attached hydrogens (primary N) is 1. The van der Waals surface area contributed by atoms with E-state index in [-0.39, 0.29) is 4.90 Å². The maximum absolute atomic E-state index is 11.2. The molecule has 136 valence electrons. The first-order chi connectivity index (χ1) is 11.8. The van der Waals surface area contributed by atoms with Crippen molar-refractivity contribution < 1.29 is 8.42 Å². The summed E-state index contributed by atoms with van der Waals surface area (Å²) in [5.74, 6) is 0.714. The van der Waals surface area contributed by atoms with E-state index in [4.69, 9.17) is 5.14 Å². The molecule has 0 unspecified atom stereocenters. The van der Waals surface area contributed by atoms with Crippen LogP contribution in [0, 0.1) is 13.8 Å². The van der Waals surface area contributed by atoms with Gasteiger partial charge in [0.05, 0.1) is 22.1 Å². The molecule has 0 spiro atoms. The zero-order chi connectivity index (χ0) is 18.4. The van der Waals surface area contributed by atoms with Crippen molar-refractivity contribution in [3.63, 3.8) is 0 Å². The minimum atomic E-state index is -3.64. The lowest BCUT2D eigenvalue weighted by Gasteiger charge is -2.11. The van der Waals surface area contributed by atoms with E-state index in [2.05, 4.69) is 20.6 Å². The number of nitrogens with one attached hydrogen (secondary N) is 2. The molecule has 2 aromatic rings. The van der Waals surface area contributed by atoms with E-state index in [9.17, 15) is 8.42 Å². The summed E-state index contributed by atoms with van der Waals surface area (Å²) in [6, 6.07) is 6.57. The number of hydrogen-bond donors (Lipinski definition) is 3. The van der Waals surface area contributed by atoms with Crippen LogP contribution in [0.2, 0.25) is 0 Å². The summed E-state index contributed by atoms with van der Waals surface area (Å²) in [5, 5.41) is 12.7. The molecule has 0 aliphatic carbocycles. The maximum atomic E-state index is 11.2. The fourth-order valence-electron chi connectivity index (χ4n) is 2.29. The monoisotopic (exact) mass is 381 g/mol. The van der Waals surface area contributed by atoms with E-state index >= 15 is 0 Å². The highest BCUT2D eigenvalue weighted by molar-refractivity contribution is 7.89. The molecule has 0 fully saturated rings. The Morgan fingerprint density at radius 2 is 1.92 bits per heavy atom.